The van der Waals surface area contributed by atoms with Gasteiger partial charge in [0, 0.05) is 22.5 Å². The molecule has 0 saturated heterocycles. The molecule has 2 N–H and O–H groups in total. The monoisotopic (exact) mass is 917 g/mol. The molecule has 0 spiro atoms. The summed E-state index contributed by atoms with van der Waals surface area (Å²) in [5, 5.41) is 0. The predicted octanol–water partition coefficient (Wildman–Crippen LogP) is 18.6. The van der Waals surface area contributed by atoms with E-state index < -0.39 is 0 Å². The van der Waals surface area contributed by atoms with E-state index in [0.29, 0.717) is 25.0 Å². The van der Waals surface area contributed by atoms with Crippen LogP contribution in [0.3, 0.4) is 0 Å². The zero-order valence-electron chi connectivity index (χ0n) is 45.4. The van der Waals surface area contributed by atoms with Crippen LogP contribution in [0.15, 0.2) is 109 Å². The lowest BCUT2D eigenvalue weighted by Gasteiger charge is -2.44. The molecule has 0 saturated carbocycles. The Kier molecular flexibility index (Phi) is 17.3. The van der Waals surface area contributed by atoms with E-state index in [9.17, 15) is 0 Å². The fourth-order valence-electron chi connectivity index (χ4n) is 11.2. The zero-order valence-corrected chi connectivity index (χ0v) is 45.4. The number of unbranched alkanes of at least 4 members (excludes halogenated alkanes) is 3. The van der Waals surface area contributed by atoms with Crippen molar-refractivity contribution in [2.75, 3.05) is 18.1 Å². The van der Waals surface area contributed by atoms with E-state index in [2.05, 4.69) is 211 Å². The lowest BCUT2D eigenvalue weighted by atomic mass is 9.59. The first-order chi connectivity index (χ1) is 32.2. The fourth-order valence-corrected chi connectivity index (χ4v) is 11.2. The minimum Gasteiger partial charge on any atom is -0.494 e. The highest BCUT2D eigenvalue weighted by atomic mass is 16.5. The first-order valence-corrected chi connectivity index (χ1v) is 27.0. The highest BCUT2D eigenvalue weighted by Gasteiger charge is 2.48. The summed E-state index contributed by atoms with van der Waals surface area (Å²) in [4.78, 5) is 2.38. The zero-order chi connectivity index (χ0) is 49.5. The molecule has 0 radical (unpaired) electrons. The molecule has 1 aliphatic carbocycles. The number of fused-ring (bicyclic) bond motifs is 3. The normalized spacial score (nSPS) is 16.0. The van der Waals surface area contributed by atoms with Crippen LogP contribution in [-0.4, -0.2) is 13.2 Å². The first-order valence-electron chi connectivity index (χ1n) is 27.0. The molecule has 368 valence electrons. The van der Waals surface area contributed by atoms with E-state index in [1.54, 1.807) is 11.1 Å². The van der Waals surface area contributed by atoms with Gasteiger partial charge in [0.1, 0.15) is 5.75 Å². The lowest BCUT2D eigenvalue weighted by Crippen LogP contribution is -2.40. The molecule has 6 rings (SSSR count). The predicted molar refractivity (Wildman–Crippen MR) is 297 cm³/mol. The molecular weight excluding hydrogens is 825 g/mol. The third kappa shape index (κ3) is 11.5. The van der Waals surface area contributed by atoms with Crippen LogP contribution < -0.4 is 15.4 Å². The Hall–Kier alpha value is -4.34. The second-order valence-electron chi connectivity index (χ2n) is 23.9. The van der Waals surface area contributed by atoms with Gasteiger partial charge in [0.2, 0.25) is 0 Å². The van der Waals surface area contributed by atoms with Gasteiger partial charge in [-0.25, -0.2) is 0 Å². The van der Waals surface area contributed by atoms with Crippen LogP contribution in [0.25, 0.3) is 11.1 Å². The van der Waals surface area contributed by atoms with E-state index in [-0.39, 0.29) is 27.1 Å². The van der Waals surface area contributed by atoms with Gasteiger partial charge in [-0.15, -0.1) is 0 Å². The molecule has 0 fully saturated rings. The largest absolute Gasteiger partial charge is 0.494 e. The van der Waals surface area contributed by atoms with Crippen LogP contribution in [0.5, 0.6) is 5.75 Å². The number of hydrogen-bond donors (Lipinski definition) is 1. The Bertz CT molecular complexity index is 2330. The molecule has 1 aliphatic rings. The van der Waals surface area contributed by atoms with Crippen LogP contribution in [-0.2, 0) is 27.1 Å². The van der Waals surface area contributed by atoms with Crippen molar-refractivity contribution >= 4 is 17.1 Å². The summed E-state index contributed by atoms with van der Waals surface area (Å²) in [5.41, 5.74) is 20.6. The number of nitrogens with two attached hydrogens (primary N) is 1. The number of nitrogens with zero attached hydrogens (tertiary/aromatic N) is 1. The van der Waals surface area contributed by atoms with Crippen molar-refractivity contribution in [3.8, 4) is 16.9 Å². The third-order valence-corrected chi connectivity index (χ3v) is 16.7. The van der Waals surface area contributed by atoms with Gasteiger partial charge in [-0.2, -0.15) is 0 Å². The van der Waals surface area contributed by atoms with E-state index >= 15 is 0 Å². The summed E-state index contributed by atoms with van der Waals surface area (Å²) in [6.07, 6.45) is 14.6. The minimum absolute atomic E-state index is 0.0179. The number of ether oxygens (including phenoxy) is 1. The highest BCUT2D eigenvalue weighted by Crippen LogP contribution is 2.58. The molecule has 0 amide bonds. The summed E-state index contributed by atoms with van der Waals surface area (Å²) in [6.45, 7) is 35.0. The Morgan fingerprint density at radius 3 is 1.34 bits per heavy atom. The Balaban J connectivity index is 1.43. The SMILES string of the molecule is CCCCC(CC)CC1(CC(CC)CCCC)c2cc(C(C)(C)C)ccc2-c2ccc(C(C)(C)C(C)(C)c3ccc(N(c4ccc(OCCCCN)cc4)c4ccc(C(C)(C)C)cc4)cc3)cc21. The number of rotatable bonds is 23. The van der Waals surface area contributed by atoms with Crippen molar-refractivity contribution in [1.29, 1.82) is 0 Å². The average Bonchev–Trinajstić information content (AvgIpc) is 3.58. The van der Waals surface area contributed by atoms with Crippen molar-refractivity contribution in [1.82, 2.24) is 0 Å². The van der Waals surface area contributed by atoms with E-state index in [1.807, 2.05) is 0 Å². The molecule has 0 heterocycles. The van der Waals surface area contributed by atoms with E-state index in [1.165, 1.54) is 97.6 Å². The second kappa shape index (κ2) is 22.2. The summed E-state index contributed by atoms with van der Waals surface area (Å²) < 4.78 is 6.10. The van der Waals surface area contributed by atoms with Crippen molar-refractivity contribution in [3.05, 3.63) is 143 Å². The molecule has 3 heteroatoms. The Morgan fingerprint density at radius 2 is 0.897 bits per heavy atom. The molecule has 5 aromatic rings. The maximum atomic E-state index is 6.10. The van der Waals surface area contributed by atoms with Gasteiger partial charge in [0.25, 0.3) is 0 Å². The maximum absolute atomic E-state index is 6.10. The standard InChI is InChI=1S/C65H92N2O/c1-15-19-23-47(17-3)45-65(46-48(18-4)24-20-16-2)59-43-51(62(8,9)10)29-39-57(59)58-40-30-52(44-60(58)65)64(13,14)63(11,12)50-27-33-54(34-28-50)67(53-31-25-49(26-32-53)61(5,6)7)55-35-37-56(38-36-55)68-42-22-21-41-66/h25-40,43-44,47-48H,15-24,41-42,45-46,66H2,1-14H3. The summed E-state index contributed by atoms with van der Waals surface area (Å²) >= 11 is 0. The number of anilines is 3. The molecule has 0 bridgehead atoms. The Labute approximate surface area is 416 Å². The average molecular weight is 917 g/mol. The van der Waals surface area contributed by atoms with Crippen molar-refractivity contribution in [2.45, 2.75) is 201 Å². The molecule has 2 unspecified atom stereocenters. The van der Waals surface area contributed by atoms with Crippen LogP contribution in [0.2, 0.25) is 0 Å². The van der Waals surface area contributed by atoms with E-state index in [0.717, 1.165) is 35.7 Å². The smallest absolute Gasteiger partial charge is 0.119 e. The molecule has 5 aromatic carbocycles. The van der Waals surface area contributed by atoms with Crippen LogP contribution in [0, 0.1) is 11.8 Å². The van der Waals surface area contributed by atoms with Gasteiger partial charge in [-0.1, -0.05) is 209 Å². The molecule has 0 aromatic heterocycles. The van der Waals surface area contributed by atoms with Crippen molar-refractivity contribution < 1.29 is 4.74 Å². The quantitative estimate of drug-likeness (QED) is 0.0664. The van der Waals surface area contributed by atoms with Crippen LogP contribution in [0.4, 0.5) is 17.1 Å². The van der Waals surface area contributed by atoms with Gasteiger partial charge in [0.05, 0.1) is 6.61 Å². The molecular formula is C65H92N2O. The van der Waals surface area contributed by atoms with Crippen molar-refractivity contribution in [2.24, 2.45) is 17.6 Å². The number of hydrogen-bond acceptors (Lipinski definition) is 3. The van der Waals surface area contributed by atoms with Gasteiger partial charge < -0.3 is 15.4 Å². The van der Waals surface area contributed by atoms with E-state index in [4.69, 9.17) is 10.5 Å². The maximum Gasteiger partial charge on any atom is 0.119 e. The second-order valence-corrected chi connectivity index (χ2v) is 23.9. The molecule has 0 aliphatic heterocycles. The Morgan fingerprint density at radius 1 is 0.485 bits per heavy atom. The molecule has 2 atom stereocenters. The topological polar surface area (TPSA) is 38.5 Å². The minimum atomic E-state index is -0.185. The molecule has 3 nitrogen and oxygen atoms in total. The van der Waals surface area contributed by atoms with Gasteiger partial charge in [-0.05, 0) is 159 Å². The summed E-state index contributed by atoms with van der Waals surface area (Å²) in [6, 6.07) is 42.5. The van der Waals surface area contributed by atoms with Gasteiger partial charge in [-0.3, -0.25) is 0 Å². The lowest BCUT2D eigenvalue weighted by molar-refractivity contribution is 0.264. The summed E-state index contributed by atoms with van der Waals surface area (Å²) in [7, 11) is 0. The fraction of sp³-hybridized carbons (Fsp3) is 0.538. The van der Waals surface area contributed by atoms with Crippen molar-refractivity contribution in [3.63, 3.8) is 0 Å². The highest BCUT2D eigenvalue weighted by molar-refractivity contribution is 5.82. The number of benzene rings is 5. The van der Waals surface area contributed by atoms with Gasteiger partial charge in [0.15, 0.2) is 0 Å². The third-order valence-electron chi connectivity index (χ3n) is 16.7. The van der Waals surface area contributed by atoms with Gasteiger partial charge >= 0.3 is 0 Å². The van der Waals surface area contributed by atoms with Crippen LogP contribution >= 0.6 is 0 Å². The van der Waals surface area contributed by atoms with Crippen LogP contribution in [0.1, 0.15) is 207 Å². The summed E-state index contributed by atoms with van der Waals surface area (Å²) in [5.74, 6) is 2.27. The first kappa shape index (κ1) is 53.0. The molecule has 68 heavy (non-hydrogen) atoms.